The van der Waals surface area contributed by atoms with Crippen molar-refractivity contribution in [1.29, 1.82) is 0 Å². The Bertz CT molecular complexity index is 1020. The van der Waals surface area contributed by atoms with Crippen LogP contribution in [-0.2, 0) is 12.1 Å². The highest BCUT2D eigenvalue weighted by Gasteiger charge is 2.59. The summed E-state index contributed by atoms with van der Waals surface area (Å²) in [4.78, 5) is 13.1. The number of aromatic nitrogens is 4. The minimum Gasteiger partial charge on any atom is -0.310 e. The van der Waals surface area contributed by atoms with E-state index in [1.807, 2.05) is 5.32 Å². The zero-order valence-corrected chi connectivity index (χ0v) is 14.6. The standard InChI is InChI=1S/C17H14F4N6O/c1-9-24-26-27(25-9)8-11-6-14-12(7-13(11)18)16(17(19,20)21,23-15(28)22-14)5-4-10-2-3-10/h6-7,10H,2-3,8H2,1H3,(H2,22,23,28)/t16-/m0/s1. The van der Waals surface area contributed by atoms with Crippen LogP contribution in [0.5, 0.6) is 0 Å². The van der Waals surface area contributed by atoms with Gasteiger partial charge in [-0.15, -0.1) is 10.2 Å². The van der Waals surface area contributed by atoms with E-state index in [0.717, 1.165) is 16.9 Å². The third-order valence-electron chi connectivity index (χ3n) is 4.47. The van der Waals surface area contributed by atoms with Gasteiger partial charge < -0.3 is 10.6 Å². The van der Waals surface area contributed by atoms with Crippen molar-refractivity contribution in [3.8, 4) is 11.8 Å². The molecule has 4 rings (SSSR count). The molecule has 0 bridgehead atoms. The Morgan fingerprint density at radius 2 is 2.11 bits per heavy atom. The van der Waals surface area contributed by atoms with E-state index in [1.54, 1.807) is 6.92 Å². The van der Waals surface area contributed by atoms with Gasteiger partial charge in [-0.05, 0) is 37.1 Å². The molecule has 2 N–H and O–H groups in total. The second-order valence-electron chi connectivity index (χ2n) is 6.73. The predicted octanol–water partition coefficient (Wildman–Crippen LogP) is 2.48. The van der Waals surface area contributed by atoms with Gasteiger partial charge in [0.2, 0.25) is 5.54 Å². The van der Waals surface area contributed by atoms with E-state index in [9.17, 15) is 22.4 Å². The third kappa shape index (κ3) is 3.15. The highest BCUT2D eigenvalue weighted by molar-refractivity contribution is 5.95. The number of carbonyl (C=O) groups excluding carboxylic acids is 1. The minimum atomic E-state index is -4.94. The Kier molecular flexibility index (Phi) is 4.02. The molecule has 28 heavy (non-hydrogen) atoms. The van der Waals surface area contributed by atoms with Crippen molar-refractivity contribution in [2.75, 3.05) is 5.32 Å². The quantitative estimate of drug-likeness (QED) is 0.606. The van der Waals surface area contributed by atoms with Gasteiger partial charge >= 0.3 is 12.2 Å². The number of amides is 2. The largest absolute Gasteiger partial charge is 0.427 e. The van der Waals surface area contributed by atoms with Crippen molar-refractivity contribution in [3.63, 3.8) is 0 Å². The summed E-state index contributed by atoms with van der Waals surface area (Å²) < 4.78 is 56.7. The maximum atomic E-state index is 14.7. The molecule has 0 unspecified atom stereocenters. The molecule has 1 fully saturated rings. The van der Waals surface area contributed by atoms with Crippen LogP contribution in [0.15, 0.2) is 12.1 Å². The first-order valence-corrected chi connectivity index (χ1v) is 8.44. The Hall–Kier alpha value is -3.16. The monoisotopic (exact) mass is 394 g/mol. The number of nitrogens with one attached hydrogen (secondary N) is 2. The third-order valence-corrected chi connectivity index (χ3v) is 4.47. The molecule has 2 aliphatic rings. The van der Waals surface area contributed by atoms with Crippen LogP contribution in [0, 0.1) is 30.5 Å². The van der Waals surface area contributed by atoms with Gasteiger partial charge in [-0.25, -0.2) is 9.18 Å². The van der Waals surface area contributed by atoms with Crippen LogP contribution in [0.25, 0.3) is 0 Å². The molecular formula is C17H14F4N6O. The molecule has 0 spiro atoms. The zero-order valence-electron chi connectivity index (χ0n) is 14.6. The average Bonchev–Trinajstić information content (AvgIpc) is 3.34. The van der Waals surface area contributed by atoms with E-state index in [0.29, 0.717) is 18.7 Å². The molecule has 2 amide bonds. The number of aryl methyl sites for hydroxylation is 1. The van der Waals surface area contributed by atoms with E-state index in [2.05, 4.69) is 32.6 Å². The lowest BCUT2D eigenvalue weighted by Crippen LogP contribution is -2.59. The topological polar surface area (TPSA) is 84.7 Å². The summed E-state index contributed by atoms with van der Waals surface area (Å²) in [6, 6.07) is 0.819. The molecule has 0 radical (unpaired) electrons. The SMILES string of the molecule is Cc1nnn(Cc2cc3c(cc2F)[C@@](C#CC2CC2)(C(F)(F)F)NC(=O)N3)n1. The number of rotatable bonds is 2. The fraction of sp³-hybridized carbons (Fsp3) is 0.412. The number of carbonyl (C=O) groups is 1. The summed E-state index contributed by atoms with van der Waals surface area (Å²) >= 11 is 0. The summed E-state index contributed by atoms with van der Waals surface area (Å²) in [5, 5.41) is 15.4. The van der Waals surface area contributed by atoms with Crippen molar-refractivity contribution < 1.29 is 22.4 Å². The van der Waals surface area contributed by atoms with Crippen LogP contribution in [0.2, 0.25) is 0 Å². The summed E-state index contributed by atoms with van der Waals surface area (Å²) in [6.07, 6.45) is -3.53. The van der Waals surface area contributed by atoms with E-state index >= 15 is 0 Å². The number of hydrogen-bond donors (Lipinski definition) is 2. The molecule has 1 aliphatic carbocycles. The molecule has 2 aromatic rings. The number of fused-ring (bicyclic) bond motifs is 1. The van der Waals surface area contributed by atoms with Gasteiger partial charge in [0, 0.05) is 22.7 Å². The minimum absolute atomic E-state index is 0.00424. The van der Waals surface area contributed by atoms with Crippen molar-refractivity contribution in [3.05, 3.63) is 34.9 Å². The molecule has 0 saturated heterocycles. The first-order chi connectivity index (χ1) is 13.2. The van der Waals surface area contributed by atoms with Gasteiger partial charge in [0.25, 0.3) is 0 Å². The Morgan fingerprint density at radius 1 is 1.36 bits per heavy atom. The van der Waals surface area contributed by atoms with Crippen LogP contribution < -0.4 is 10.6 Å². The van der Waals surface area contributed by atoms with E-state index in [-0.39, 0.29) is 23.7 Å². The van der Waals surface area contributed by atoms with Gasteiger partial charge in [0.1, 0.15) is 5.82 Å². The van der Waals surface area contributed by atoms with Crippen LogP contribution in [0.4, 0.5) is 28.0 Å². The number of hydrogen-bond acceptors (Lipinski definition) is 4. The maximum Gasteiger partial charge on any atom is 0.427 e. The Balaban J connectivity index is 1.82. The average molecular weight is 394 g/mol. The summed E-state index contributed by atoms with van der Waals surface area (Å²) in [5.74, 6) is 4.04. The zero-order chi connectivity index (χ0) is 20.1. The van der Waals surface area contributed by atoms with Gasteiger partial charge in [0.05, 0.1) is 6.54 Å². The maximum absolute atomic E-state index is 14.7. The van der Waals surface area contributed by atoms with Gasteiger partial charge in [0.15, 0.2) is 5.82 Å². The summed E-state index contributed by atoms with van der Waals surface area (Å²) in [5.41, 5.74) is -3.63. The Labute approximate surface area is 156 Å². The van der Waals surface area contributed by atoms with E-state index in [1.165, 1.54) is 0 Å². The van der Waals surface area contributed by atoms with Crippen LogP contribution in [0.3, 0.4) is 0 Å². The van der Waals surface area contributed by atoms with Crippen molar-refractivity contribution in [2.24, 2.45) is 5.92 Å². The lowest BCUT2D eigenvalue weighted by atomic mass is 9.85. The molecule has 11 heteroatoms. The fourth-order valence-corrected chi connectivity index (χ4v) is 2.92. The highest BCUT2D eigenvalue weighted by atomic mass is 19.4. The second-order valence-corrected chi connectivity index (χ2v) is 6.73. The number of benzene rings is 1. The van der Waals surface area contributed by atoms with Crippen molar-refractivity contribution >= 4 is 11.7 Å². The van der Waals surface area contributed by atoms with Crippen LogP contribution in [0.1, 0.15) is 29.8 Å². The van der Waals surface area contributed by atoms with Crippen LogP contribution in [-0.4, -0.2) is 32.4 Å². The molecule has 1 aliphatic heterocycles. The van der Waals surface area contributed by atoms with E-state index in [4.69, 9.17) is 0 Å². The number of tetrazole rings is 1. The van der Waals surface area contributed by atoms with Crippen LogP contribution >= 0.6 is 0 Å². The number of alkyl halides is 3. The number of anilines is 1. The number of nitrogens with zero attached hydrogens (tertiary/aromatic N) is 4. The van der Waals surface area contributed by atoms with E-state index < -0.39 is 29.1 Å². The lowest BCUT2D eigenvalue weighted by Gasteiger charge is -2.37. The highest BCUT2D eigenvalue weighted by Crippen LogP contribution is 2.45. The summed E-state index contributed by atoms with van der Waals surface area (Å²) in [7, 11) is 0. The first-order valence-electron chi connectivity index (χ1n) is 8.44. The van der Waals surface area contributed by atoms with Gasteiger partial charge in [-0.2, -0.15) is 18.0 Å². The summed E-state index contributed by atoms with van der Waals surface area (Å²) in [6.45, 7) is 1.44. The second kappa shape index (κ2) is 6.19. The molecule has 1 aromatic heterocycles. The number of urea groups is 1. The Morgan fingerprint density at radius 3 is 2.71 bits per heavy atom. The normalized spacial score (nSPS) is 21.2. The smallest absolute Gasteiger partial charge is 0.310 e. The molecular weight excluding hydrogens is 380 g/mol. The molecule has 2 heterocycles. The molecule has 1 aromatic carbocycles. The molecule has 1 atom stereocenters. The van der Waals surface area contributed by atoms with Gasteiger partial charge in [-0.3, -0.25) is 0 Å². The first kappa shape index (κ1) is 18.2. The molecule has 7 nitrogen and oxygen atoms in total. The van der Waals surface area contributed by atoms with Crippen molar-refractivity contribution in [2.45, 2.75) is 38.0 Å². The molecule has 146 valence electrons. The van der Waals surface area contributed by atoms with Crippen molar-refractivity contribution in [1.82, 2.24) is 25.5 Å². The fourth-order valence-electron chi connectivity index (χ4n) is 2.92. The predicted molar refractivity (Wildman–Crippen MR) is 88.4 cm³/mol. The lowest BCUT2D eigenvalue weighted by molar-refractivity contribution is -0.178. The number of halogens is 4. The van der Waals surface area contributed by atoms with Gasteiger partial charge in [-0.1, -0.05) is 11.8 Å². The molecule has 1 saturated carbocycles.